The molecular weight excluding hydrogens is 330 g/mol. The summed E-state index contributed by atoms with van der Waals surface area (Å²) in [5.74, 6) is 0.170. The first-order valence-corrected chi connectivity index (χ1v) is 8.07. The van der Waals surface area contributed by atoms with Gasteiger partial charge in [0.25, 0.3) is 0 Å². The maximum absolute atomic E-state index is 12.3. The van der Waals surface area contributed by atoms with Crippen LogP contribution in [0.3, 0.4) is 0 Å². The van der Waals surface area contributed by atoms with E-state index in [1.807, 2.05) is 24.3 Å². The van der Waals surface area contributed by atoms with Gasteiger partial charge in [-0.1, -0.05) is 15.9 Å². The lowest BCUT2D eigenvalue weighted by Gasteiger charge is -2.34. The number of likely N-dealkylation sites (tertiary alicyclic amines) is 1. The van der Waals surface area contributed by atoms with Crippen molar-refractivity contribution in [3.05, 3.63) is 28.7 Å². The van der Waals surface area contributed by atoms with Crippen LogP contribution in [0.15, 0.2) is 28.7 Å². The van der Waals surface area contributed by atoms with Gasteiger partial charge in [0.2, 0.25) is 5.91 Å². The first-order valence-electron chi connectivity index (χ1n) is 7.27. The van der Waals surface area contributed by atoms with Gasteiger partial charge in [-0.3, -0.25) is 9.69 Å². The average molecular weight is 350 g/mol. The summed E-state index contributed by atoms with van der Waals surface area (Å²) in [6, 6.07) is 10.1. The zero-order valence-electron chi connectivity index (χ0n) is 12.2. The molecule has 1 saturated heterocycles. The maximum Gasteiger partial charge on any atom is 0.227 e. The average Bonchev–Trinajstić information content (AvgIpc) is 2.50. The lowest BCUT2D eigenvalue weighted by Crippen LogP contribution is -2.42. The number of rotatable bonds is 4. The number of nitrogens with zero attached hydrogens (tertiary/aromatic N) is 2. The molecule has 1 N–H and O–H groups in total. The summed E-state index contributed by atoms with van der Waals surface area (Å²) in [7, 11) is 0. The van der Waals surface area contributed by atoms with Crippen molar-refractivity contribution >= 4 is 27.5 Å². The summed E-state index contributed by atoms with van der Waals surface area (Å²) < 4.78 is 1.00. The summed E-state index contributed by atoms with van der Waals surface area (Å²) in [4.78, 5) is 14.6. The Bertz CT molecular complexity index is 515. The van der Waals surface area contributed by atoms with Crippen molar-refractivity contribution in [2.45, 2.75) is 32.2 Å². The van der Waals surface area contributed by atoms with Gasteiger partial charge in [-0.15, -0.1) is 0 Å². The first-order chi connectivity index (χ1) is 10.1. The Hall–Kier alpha value is -1.38. The van der Waals surface area contributed by atoms with E-state index in [4.69, 9.17) is 5.26 Å². The number of hydrogen-bond donors (Lipinski definition) is 1. The molecule has 5 heteroatoms. The third-order valence-electron chi connectivity index (χ3n) is 4.02. The lowest BCUT2D eigenvalue weighted by molar-refractivity contribution is -0.121. The van der Waals surface area contributed by atoms with Crippen molar-refractivity contribution in [2.24, 2.45) is 5.92 Å². The number of hydrogen-bond acceptors (Lipinski definition) is 3. The molecule has 0 bridgehead atoms. The SMILES string of the molecule is C[C@@H](CC#N)N1CCC(C(=O)Nc2ccc(Br)cc2)CC1. The van der Waals surface area contributed by atoms with Crippen LogP contribution < -0.4 is 5.32 Å². The van der Waals surface area contributed by atoms with Crippen LogP contribution in [0.5, 0.6) is 0 Å². The van der Waals surface area contributed by atoms with Crippen LogP contribution in [0.2, 0.25) is 0 Å². The van der Waals surface area contributed by atoms with Crippen LogP contribution in [0, 0.1) is 17.2 Å². The molecule has 1 heterocycles. The van der Waals surface area contributed by atoms with E-state index in [0.717, 1.165) is 36.1 Å². The second kappa shape index (κ2) is 7.58. The van der Waals surface area contributed by atoms with Crippen LogP contribution in [0.4, 0.5) is 5.69 Å². The molecule has 4 nitrogen and oxygen atoms in total. The Morgan fingerprint density at radius 3 is 2.62 bits per heavy atom. The molecule has 1 aromatic carbocycles. The molecule has 112 valence electrons. The van der Waals surface area contributed by atoms with Crippen molar-refractivity contribution in [3.63, 3.8) is 0 Å². The van der Waals surface area contributed by atoms with Crippen LogP contribution in [-0.2, 0) is 4.79 Å². The number of nitriles is 1. The largest absolute Gasteiger partial charge is 0.326 e. The van der Waals surface area contributed by atoms with Crippen LogP contribution in [0.1, 0.15) is 26.2 Å². The minimum Gasteiger partial charge on any atom is -0.326 e. The highest BCUT2D eigenvalue weighted by Gasteiger charge is 2.27. The standard InChI is InChI=1S/C16H20BrN3O/c1-12(6-9-18)20-10-7-13(8-11-20)16(21)19-15-4-2-14(17)3-5-15/h2-5,12-13H,6-8,10-11H2,1H3,(H,19,21)/t12-/m0/s1. The van der Waals surface area contributed by atoms with E-state index in [-0.39, 0.29) is 17.9 Å². The Kier molecular flexibility index (Phi) is 5.77. The lowest BCUT2D eigenvalue weighted by atomic mass is 9.94. The summed E-state index contributed by atoms with van der Waals surface area (Å²) >= 11 is 3.38. The predicted molar refractivity (Wildman–Crippen MR) is 86.8 cm³/mol. The summed E-state index contributed by atoms with van der Waals surface area (Å²) in [5.41, 5.74) is 0.837. The van der Waals surface area contributed by atoms with E-state index in [1.165, 1.54) is 0 Å². The van der Waals surface area contributed by atoms with Crippen LogP contribution >= 0.6 is 15.9 Å². The number of carbonyl (C=O) groups is 1. The van der Waals surface area contributed by atoms with Gasteiger partial charge in [0.15, 0.2) is 0 Å². The van der Waals surface area contributed by atoms with Gasteiger partial charge in [0.1, 0.15) is 0 Å². The topological polar surface area (TPSA) is 56.1 Å². The highest BCUT2D eigenvalue weighted by Crippen LogP contribution is 2.22. The zero-order valence-corrected chi connectivity index (χ0v) is 13.8. The third kappa shape index (κ3) is 4.55. The van der Waals surface area contributed by atoms with E-state index < -0.39 is 0 Å². The van der Waals surface area contributed by atoms with Gasteiger partial charge in [0, 0.05) is 22.1 Å². The van der Waals surface area contributed by atoms with E-state index in [0.29, 0.717) is 6.42 Å². The highest BCUT2D eigenvalue weighted by atomic mass is 79.9. The second-order valence-electron chi connectivity index (χ2n) is 5.52. The predicted octanol–water partition coefficient (Wildman–Crippen LogP) is 3.40. The van der Waals surface area contributed by atoms with Gasteiger partial charge < -0.3 is 5.32 Å². The molecule has 0 saturated carbocycles. The fraction of sp³-hybridized carbons (Fsp3) is 0.500. The molecule has 0 aromatic heterocycles. The number of piperidine rings is 1. The van der Waals surface area contributed by atoms with Crippen LogP contribution in [-0.4, -0.2) is 29.9 Å². The highest BCUT2D eigenvalue weighted by molar-refractivity contribution is 9.10. The van der Waals surface area contributed by atoms with Gasteiger partial charge in [0.05, 0.1) is 12.5 Å². The Balaban J connectivity index is 1.83. The molecule has 0 unspecified atom stereocenters. The van der Waals surface area contributed by atoms with E-state index in [1.54, 1.807) is 0 Å². The maximum atomic E-state index is 12.3. The first kappa shape index (κ1) is 16.0. The number of benzene rings is 1. The Morgan fingerprint density at radius 1 is 1.43 bits per heavy atom. The number of carbonyl (C=O) groups excluding carboxylic acids is 1. The number of nitrogens with one attached hydrogen (secondary N) is 1. The van der Waals surface area contributed by atoms with Crippen molar-refractivity contribution in [2.75, 3.05) is 18.4 Å². The minimum absolute atomic E-state index is 0.0687. The number of anilines is 1. The third-order valence-corrected chi connectivity index (χ3v) is 4.55. The van der Waals surface area contributed by atoms with Gasteiger partial charge in [-0.05, 0) is 57.1 Å². The van der Waals surface area contributed by atoms with Crippen molar-refractivity contribution < 1.29 is 4.79 Å². The van der Waals surface area contributed by atoms with Crippen LogP contribution in [0.25, 0.3) is 0 Å². The monoisotopic (exact) mass is 349 g/mol. The minimum atomic E-state index is 0.0687. The van der Waals surface area contributed by atoms with Gasteiger partial charge in [-0.25, -0.2) is 0 Å². The number of halogens is 1. The normalized spacial score (nSPS) is 18.0. The molecule has 1 aliphatic heterocycles. The van der Waals surface area contributed by atoms with Gasteiger partial charge in [-0.2, -0.15) is 5.26 Å². The molecule has 1 amide bonds. The fourth-order valence-corrected chi connectivity index (χ4v) is 2.91. The molecule has 2 rings (SSSR count). The van der Waals surface area contributed by atoms with E-state index >= 15 is 0 Å². The molecule has 1 aliphatic rings. The molecule has 1 atom stereocenters. The van der Waals surface area contributed by atoms with Crippen molar-refractivity contribution in [1.82, 2.24) is 4.90 Å². The summed E-state index contributed by atoms with van der Waals surface area (Å²) in [6.07, 6.45) is 2.27. The van der Waals surface area contributed by atoms with Crippen molar-refractivity contribution in [3.8, 4) is 6.07 Å². The zero-order chi connectivity index (χ0) is 15.2. The molecule has 1 fully saturated rings. The molecule has 1 aromatic rings. The van der Waals surface area contributed by atoms with E-state index in [2.05, 4.69) is 39.1 Å². The quantitative estimate of drug-likeness (QED) is 0.906. The molecule has 0 radical (unpaired) electrons. The number of amides is 1. The Labute approximate surface area is 134 Å². The summed E-state index contributed by atoms with van der Waals surface area (Å²) in [5, 5.41) is 11.7. The summed E-state index contributed by atoms with van der Waals surface area (Å²) in [6.45, 7) is 3.86. The molecular formula is C16H20BrN3O. The van der Waals surface area contributed by atoms with Gasteiger partial charge >= 0.3 is 0 Å². The molecule has 0 spiro atoms. The second-order valence-corrected chi connectivity index (χ2v) is 6.43. The molecule has 21 heavy (non-hydrogen) atoms. The smallest absolute Gasteiger partial charge is 0.227 e. The molecule has 0 aliphatic carbocycles. The van der Waals surface area contributed by atoms with Crippen molar-refractivity contribution in [1.29, 1.82) is 5.26 Å². The fourth-order valence-electron chi connectivity index (χ4n) is 2.64. The van der Waals surface area contributed by atoms with E-state index in [9.17, 15) is 4.79 Å². The Morgan fingerprint density at radius 2 is 2.05 bits per heavy atom.